The van der Waals surface area contributed by atoms with E-state index in [1.54, 1.807) is 7.11 Å². The first kappa shape index (κ1) is 20.0. The summed E-state index contributed by atoms with van der Waals surface area (Å²) in [6, 6.07) is 10.1. The second-order valence-electron chi connectivity index (χ2n) is 7.98. The van der Waals surface area contributed by atoms with Gasteiger partial charge in [0.15, 0.2) is 0 Å². The fourth-order valence-electron chi connectivity index (χ4n) is 3.94. The first-order chi connectivity index (χ1) is 14.5. The van der Waals surface area contributed by atoms with Crippen molar-refractivity contribution in [3.05, 3.63) is 59.9 Å². The fraction of sp³-hybridized carbons (Fsp3) is 0.333. The molecule has 1 aliphatic rings. The second-order valence-corrected chi connectivity index (χ2v) is 7.98. The van der Waals surface area contributed by atoms with Crippen LogP contribution in [-0.4, -0.2) is 40.7 Å². The Morgan fingerprint density at radius 2 is 2.10 bits per heavy atom. The van der Waals surface area contributed by atoms with E-state index in [0.29, 0.717) is 30.6 Å². The number of anilines is 1. The number of carbonyl (C=O) groups excluding carboxylic acids is 1. The number of benzene rings is 1. The molecule has 3 aromatic rings. The van der Waals surface area contributed by atoms with Gasteiger partial charge in [0.05, 0.1) is 12.8 Å². The Morgan fingerprint density at radius 3 is 2.80 bits per heavy atom. The highest BCUT2D eigenvalue weighted by Gasteiger charge is 2.22. The number of aromatic nitrogens is 2. The third-order valence-corrected chi connectivity index (χ3v) is 5.58. The van der Waals surface area contributed by atoms with Gasteiger partial charge in [-0.05, 0) is 62.6 Å². The van der Waals surface area contributed by atoms with Gasteiger partial charge >= 0.3 is 6.03 Å². The molecule has 0 fully saturated rings. The van der Waals surface area contributed by atoms with Crippen molar-refractivity contribution in [1.29, 1.82) is 0 Å². The number of pyridine rings is 1. The van der Waals surface area contributed by atoms with Gasteiger partial charge < -0.3 is 19.5 Å². The third kappa shape index (κ3) is 3.77. The molecule has 1 aromatic carbocycles. The van der Waals surface area contributed by atoms with E-state index in [-0.39, 0.29) is 6.03 Å². The Morgan fingerprint density at radius 1 is 1.27 bits per heavy atom. The molecule has 0 saturated heterocycles. The van der Waals surface area contributed by atoms with Gasteiger partial charge in [-0.3, -0.25) is 0 Å². The van der Waals surface area contributed by atoms with Crippen LogP contribution in [0.25, 0.3) is 16.6 Å². The molecule has 4 rings (SSSR count). The summed E-state index contributed by atoms with van der Waals surface area (Å²) in [6.45, 7) is 7.56. The number of fused-ring (bicyclic) bond motifs is 1. The lowest BCUT2D eigenvalue weighted by atomic mass is 10.00. The van der Waals surface area contributed by atoms with Crippen molar-refractivity contribution < 1.29 is 9.53 Å². The molecule has 0 unspecified atom stereocenters. The highest BCUT2D eigenvalue weighted by Crippen LogP contribution is 2.32. The van der Waals surface area contributed by atoms with Crippen LogP contribution in [0.15, 0.2) is 48.8 Å². The van der Waals surface area contributed by atoms with Crippen molar-refractivity contribution in [2.24, 2.45) is 0 Å². The smallest absolute Gasteiger partial charge is 0.322 e. The number of rotatable bonds is 4. The molecule has 0 bridgehead atoms. The van der Waals surface area contributed by atoms with Crippen LogP contribution in [0.2, 0.25) is 0 Å². The molecule has 6 nitrogen and oxygen atoms in total. The van der Waals surface area contributed by atoms with Crippen LogP contribution in [0.5, 0.6) is 5.75 Å². The third-order valence-electron chi connectivity index (χ3n) is 5.58. The van der Waals surface area contributed by atoms with Gasteiger partial charge in [-0.2, -0.15) is 0 Å². The minimum Gasteiger partial charge on any atom is -0.495 e. The van der Waals surface area contributed by atoms with Crippen LogP contribution < -0.4 is 10.1 Å². The summed E-state index contributed by atoms with van der Waals surface area (Å²) < 4.78 is 7.59. The van der Waals surface area contributed by atoms with Crippen LogP contribution in [0.3, 0.4) is 0 Å². The van der Waals surface area contributed by atoms with Crippen molar-refractivity contribution in [3.63, 3.8) is 0 Å². The van der Waals surface area contributed by atoms with Gasteiger partial charge in [0, 0.05) is 42.5 Å². The standard InChI is InChI=1S/C24H28N4O2/c1-16(2)28-15-20(19-6-5-11-25-23(19)28)18-9-12-27(13-10-18)24(29)26-21-14-17(3)7-8-22(21)30-4/h5-9,11,14-16H,10,12-13H2,1-4H3,(H,26,29). The van der Waals surface area contributed by atoms with E-state index in [1.807, 2.05) is 42.3 Å². The summed E-state index contributed by atoms with van der Waals surface area (Å²) in [7, 11) is 1.61. The molecule has 0 aliphatic carbocycles. The summed E-state index contributed by atoms with van der Waals surface area (Å²) in [6.07, 6.45) is 7.00. The zero-order chi connectivity index (χ0) is 21.3. The SMILES string of the molecule is COc1ccc(C)cc1NC(=O)N1CC=C(c2cn(C(C)C)c3ncccc23)CC1. The highest BCUT2D eigenvalue weighted by atomic mass is 16.5. The van der Waals surface area contributed by atoms with Crippen molar-refractivity contribution >= 4 is 28.3 Å². The van der Waals surface area contributed by atoms with E-state index in [4.69, 9.17) is 4.74 Å². The molecule has 0 radical (unpaired) electrons. The first-order valence-electron chi connectivity index (χ1n) is 10.3. The summed E-state index contributed by atoms with van der Waals surface area (Å²) in [5.74, 6) is 0.663. The Kier molecular flexibility index (Phi) is 5.48. The Balaban J connectivity index is 1.53. The minimum atomic E-state index is -0.111. The lowest BCUT2D eigenvalue weighted by Gasteiger charge is -2.27. The molecule has 2 amide bonds. The minimum absolute atomic E-state index is 0.111. The van der Waals surface area contributed by atoms with Crippen LogP contribution in [0, 0.1) is 6.92 Å². The number of nitrogens with one attached hydrogen (secondary N) is 1. The first-order valence-corrected chi connectivity index (χ1v) is 10.3. The van der Waals surface area contributed by atoms with Crippen LogP contribution in [0.4, 0.5) is 10.5 Å². The highest BCUT2D eigenvalue weighted by molar-refractivity contribution is 5.94. The predicted molar refractivity (Wildman–Crippen MR) is 121 cm³/mol. The maximum absolute atomic E-state index is 12.8. The van der Waals surface area contributed by atoms with Crippen molar-refractivity contribution in [3.8, 4) is 5.75 Å². The second kappa shape index (κ2) is 8.22. The largest absolute Gasteiger partial charge is 0.495 e. The summed E-state index contributed by atoms with van der Waals surface area (Å²) in [5, 5.41) is 4.16. The zero-order valence-corrected chi connectivity index (χ0v) is 18.0. The van der Waals surface area contributed by atoms with E-state index >= 15 is 0 Å². The average Bonchev–Trinajstić information content (AvgIpc) is 3.14. The molecular weight excluding hydrogens is 376 g/mol. The lowest BCUT2D eigenvalue weighted by molar-refractivity contribution is 0.217. The van der Waals surface area contributed by atoms with Gasteiger partial charge in [0.25, 0.3) is 0 Å². The zero-order valence-electron chi connectivity index (χ0n) is 18.0. The number of urea groups is 1. The van der Waals surface area contributed by atoms with Crippen LogP contribution >= 0.6 is 0 Å². The van der Waals surface area contributed by atoms with Gasteiger partial charge in [-0.1, -0.05) is 12.1 Å². The number of hydrogen-bond acceptors (Lipinski definition) is 3. The molecule has 1 N–H and O–H groups in total. The van der Waals surface area contributed by atoms with Gasteiger partial charge in [-0.25, -0.2) is 9.78 Å². The summed E-state index contributed by atoms with van der Waals surface area (Å²) >= 11 is 0. The van der Waals surface area contributed by atoms with E-state index in [0.717, 1.165) is 17.6 Å². The molecule has 0 atom stereocenters. The van der Waals surface area contributed by atoms with E-state index in [9.17, 15) is 4.79 Å². The molecular formula is C24H28N4O2. The number of methoxy groups -OCH3 is 1. The monoisotopic (exact) mass is 404 g/mol. The number of carbonyl (C=O) groups is 1. The number of ether oxygens (including phenoxy) is 1. The number of hydrogen-bond donors (Lipinski definition) is 1. The van der Waals surface area contributed by atoms with Gasteiger partial charge in [0.2, 0.25) is 0 Å². The molecule has 1 aliphatic heterocycles. The molecule has 0 spiro atoms. The Hall–Kier alpha value is -3.28. The molecule has 156 valence electrons. The normalized spacial score (nSPS) is 14.2. The summed E-state index contributed by atoms with van der Waals surface area (Å²) in [5.41, 5.74) is 5.26. The number of amides is 2. The molecule has 3 heterocycles. The average molecular weight is 405 g/mol. The van der Waals surface area contributed by atoms with Gasteiger partial charge in [-0.15, -0.1) is 0 Å². The predicted octanol–water partition coefficient (Wildman–Crippen LogP) is 5.26. The van der Waals surface area contributed by atoms with Crippen molar-refractivity contribution in [1.82, 2.24) is 14.5 Å². The van der Waals surface area contributed by atoms with Gasteiger partial charge in [0.1, 0.15) is 11.4 Å². The fourth-order valence-corrected chi connectivity index (χ4v) is 3.94. The molecule has 30 heavy (non-hydrogen) atoms. The van der Waals surface area contributed by atoms with Crippen molar-refractivity contribution in [2.45, 2.75) is 33.2 Å². The maximum Gasteiger partial charge on any atom is 0.322 e. The number of aryl methyl sites for hydroxylation is 1. The van der Waals surface area contributed by atoms with E-state index in [2.05, 4.69) is 47.1 Å². The van der Waals surface area contributed by atoms with Crippen LogP contribution in [-0.2, 0) is 0 Å². The van der Waals surface area contributed by atoms with Crippen molar-refractivity contribution in [2.75, 3.05) is 25.5 Å². The van der Waals surface area contributed by atoms with E-state index in [1.165, 1.54) is 16.5 Å². The molecule has 6 heteroatoms. The molecule has 2 aromatic heterocycles. The van der Waals surface area contributed by atoms with E-state index < -0.39 is 0 Å². The van der Waals surface area contributed by atoms with Crippen LogP contribution in [0.1, 0.15) is 37.4 Å². The molecule has 0 saturated carbocycles. The summed E-state index contributed by atoms with van der Waals surface area (Å²) in [4.78, 5) is 19.2. The maximum atomic E-state index is 12.8. The Labute approximate surface area is 177 Å². The lowest BCUT2D eigenvalue weighted by Crippen LogP contribution is -2.38. The Bertz CT molecular complexity index is 1110. The quantitative estimate of drug-likeness (QED) is 0.646. The topological polar surface area (TPSA) is 59.4 Å². The number of nitrogens with zero attached hydrogens (tertiary/aromatic N) is 3.